The first kappa shape index (κ1) is 21.7. The van der Waals surface area contributed by atoms with Gasteiger partial charge in [0.15, 0.2) is 5.96 Å². The van der Waals surface area contributed by atoms with Gasteiger partial charge in [-0.15, -0.1) is 0 Å². The Morgan fingerprint density at radius 1 is 1.30 bits per heavy atom. The molecule has 1 heterocycles. The summed E-state index contributed by atoms with van der Waals surface area (Å²) >= 11 is 0. The number of hydrogen-bond donors (Lipinski definition) is 1. The highest BCUT2D eigenvalue weighted by molar-refractivity contribution is 7.90. The second-order valence-electron chi connectivity index (χ2n) is 8.50. The van der Waals surface area contributed by atoms with Gasteiger partial charge in [0.2, 0.25) is 0 Å². The van der Waals surface area contributed by atoms with Crippen molar-refractivity contribution in [2.75, 3.05) is 38.2 Å². The van der Waals surface area contributed by atoms with E-state index in [1.54, 1.807) is 0 Å². The van der Waals surface area contributed by atoms with Gasteiger partial charge in [-0.3, -0.25) is 4.99 Å². The Labute approximate surface area is 165 Å². The fourth-order valence-electron chi connectivity index (χ4n) is 3.39. The molecule has 1 aromatic rings. The Kier molecular flexibility index (Phi) is 7.71. The molecule has 1 N–H and O–H groups in total. The molecule has 1 aliphatic rings. The first-order chi connectivity index (χ1) is 12.7. The number of likely N-dealkylation sites (tertiary alicyclic amines) is 1. The Balaban J connectivity index is 1.94. The zero-order chi connectivity index (χ0) is 19.9. The predicted octanol–water partition coefficient (Wildman–Crippen LogP) is 2.98. The van der Waals surface area contributed by atoms with Crippen molar-refractivity contribution in [1.29, 1.82) is 0 Å². The zero-order valence-corrected chi connectivity index (χ0v) is 18.1. The van der Waals surface area contributed by atoms with Crippen molar-refractivity contribution < 1.29 is 8.42 Å². The molecular formula is C21H35N3O2S. The van der Waals surface area contributed by atoms with Crippen molar-refractivity contribution in [1.82, 2.24) is 10.2 Å². The van der Waals surface area contributed by atoms with Crippen molar-refractivity contribution in [3.8, 4) is 0 Å². The Bertz CT molecular complexity index is 714. The quantitative estimate of drug-likeness (QED) is 0.545. The zero-order valence-electron chi connectivity index (χ0n) is 17.2. The van der Waals surface area contributed by atoms with Crippen LogP contribution in [0, 0.1) is 11.3 Å². The lowest BCUT2D eigenvalue weighted by Gasteiger charge is -2.26. The maximum absolute atomic E-state index is 11.5. The molecule has 2 rings (SSSR count). The standard InChI is InChI=1S/C21H35N3O2S/c1-5-22-20(23-17-21(2,3)12-14-27(4,25)26)24-13-11-19(16-24)15-18-9-7-6-8-10-18/h6-10,19H,5,11-17H2,1-4H3,(H,22,23). The third kappa shape index (κ3) is 7.91. The van der Waals surface area contributed by atoms with Gasteiger partial charge in [-0.2, -0.15) is 0 Å². The average molecular weight is 394 g/mol. The van der Waals surface area contributed by atoms with E-state index in [9.17, 15) is 8.42 Å². The average Bonchev–Trinajstić information content (AvgIpc) is 3.06. The highest BCUT2D eigenvalue weighted by Crippen LogP contribution is 2.23. The number of guanidine groups is 1. The van der Waals surface area contributed by atoms with Crippen molar-refractivity contribution in [2.24, 2.45) is 16.3 Å². The van der Waals surface area contributed by atoms with Crippen LogP contribution in [0.1, 0.15) is 39.2 Å². The van der Waals surface area contributed by atoms with Crippen LogP contribution in [0.15, 0.2) is 35.3 Å². The molecular weight excluding hydrogens is 358 g/mol. The van der Waals surface area contributed by atoms with Crippen molar-refractivity contribution in [2.45, 2.75) is 40.0 Å². The van der Waals surface area contributed by atoms with Gasteiger partial charge < -0.3 is 10.2 Å². The van der Waals surface area contributed by atoms with Gasteiger partial charge in [-0.05, 0) is 43.1 Å². The molecule has 1 saturated heterocycles. The Hall–Kier alpha value is -1.56. The Morgan fingerprint density at radius 3 is 2.63 bits per heavy atom. The van der Waals surface area contributed by atoms with E-state index in [0.29, 0.717) is 18.9 Å². The third-order valence-electron chi connectivity index (χ3n) is 5.09. The molecule has 0 radical (unpaired) electrons. The summed E-state index contributed by atoms with van der Waals surface area (Å²) in [7, 11) is -2.93. The molecule has 1 aliphatic heterocycles. The lowest BCUT2D eigenvalue weighted by atomic mass is 9.90. The van der Waals surface area contributed by atoms with Crippen LogP contribution >= 0.6 is 0 Å². The lowest BCUT2D eigenvalue weighted by Crippen LogP contribution is -2.41. The molecule has 0 saturated carbocycles. The van der Waals surface area contributed by atoms with Gasteiger partial charge in [0.1, 0.15) is 9.84 Å². The lowest BCUT2D eigenvalue weighted by molar-refractivity contribution is 0.361. The third-order valence-corrected chi connectivity index (χ3v) is 6.04. The van der Waals surface area contributed by atoms with Crippen LogP contribution in [0.2, 0.25) is 0 Å². The molecule has 0 aromatic heterocycles. The maximum atomic E-state index is 11.5. The number of nitrogens with zero attached hydrogens (tertiary/aromatic N) is 2. The van der Waals surface area contributed by atoms with E-state index in [-0.39, 0.29) is 11.2 Å². The topological polar surface area (TPSA) is 61.8 Å². The van der Waals surface area contributed by atoms with E-state index in [1.165, 1.54) is 18.2 Å². The monoisotopic (exact) mass is 393 g/mol. The van der Waals surface area contributed by atoms with Crippen LogP contribution < -0.4 is 5.32 Å². The van der Waals surface area contributed by atoms with E-state index in [0.717, 1.165) is 32.0 Å². The first-order valence-electron chi connectivity index (χ1n) is 9.93. The van der Waals surface area contributed by atoms with E-state index in [4.69, 9.17) is 4.99 Å². The van der Waals surface area contributed by atoms with Crippen molar-refractivity contribution in [3.63, 3.8) is 0 Å². The van der Waals surface area contributed by atoms with E-state index < -0.39 is 9.84 Å². The molecule has 0 bridgehead atoms. The molecule has 27 heavy (non-hydrogen) atoms. The predicted molar refractivity (Wildman–Crippen MR) is 114 cm³/mol. The summed E-state index contributed by atoms with van der Waals surface area (Å²) in [5.41, 5.74) is 1.26. The summed E-state index contributed by atoms with van der Waals surface area (Å²) in [5.74, 6) is 1.82. The van der Waals surface area contributed by atoms with Crippen molar-refractivity contribution in [3.05, 3.63) is 35.9 Å². The normalized spacial score (nSPS) is 18.7. The van der Waals surface area contributed by atoms with Crippen molar-refractivity contribution >= 4 is 15.8 Å². The molecule has 1 unspecified atom stereocenters. The van der Waals surface area contributed by atoms with Gasteiger partial charge in [-0.1, -0.05) is 44.2 Å². The minimum absolute atomic E-state index is 0.132. The second kappa shape index (κ2) is 9.58. The number of hydrogen-bond acceptors (Lipinski definition) is 3. The number of aliphatic imine (C=N–C) groups is 1. The molecule has 5 nitrogen and oxygen atoms in total. The molecule has 1 aromatic carbocycles. The number of sulfone groups is 1. The van der Waals surface area contributed by atoms with E-state index in [1.807, 2.05) is 0 Å². The fraction of sp³-hybridized carbons (Fsp3) is 0.667. The molecule has 0 amide bonds. The van der Waals surface area contributed by atoms with Crippen LogP contribution in [0.25, 0.3) is 0 Å². The molecule has 0 spiro atoms. The molecule has 1 fully saturated rings. The Morgan fingerprint density at radius 2 is 2.00 bits per heavy atom. The van der Waals surface area contributed by atoms with Crippen LogP contribution in [-0.2, 0) is 16.3 Å². The summed E-state index contributed by atoms with van der Waals surface area (Å²) < 4.78 is 22.9. The SMILES string of the molecule is CCNC(=NCC(C)(C)CCS(C)(=O)=O)N1CCC(Cc2ccccc2)C1. The van der Waals surface area contributed by atoms with Gasteiger partial charge >= 0.3 is 0 Å². The summed E-state index contributed by atoms with van der Waals surface area (Å²) in [6.45, 7) is 9.77. The van der Waals surface area contributed by atoms with Crippen LogP contribution in [0.5, 0.6) is 0 Å². The summed E-state index contributed by atoms with van der Waals surface area (Å²) in [4.78, 5) is 7.20. The van der Waals surface area contributed by atoms with E-state index in [2.05, 4.69) is 61.3 Å². The maximum Gasteiger partial charge on any atom is 0.193 e. The molecule has 152 valence electrons. The summed E-state index contributed by atoms with van der Waals surface area (Å²) in [5, 5.41) is 3.41. The molecule has 1 atom stereocenters. The minimum Gasteiger partial charge on any atom is -0.357 e. The van der Waals surface area contributed by atoms with Crippen LogP contribution in [0.4, 0.5) is 0 Å². The van der Waals surface area contributed by atoms with Gasteiger partial charge in [0, 0.05) is 32.4 Å². The first-order valence-corrected chi connectivity index (χ1v) is 12.0. The smallest absolute Gasteiger partial charge is 0.193 e. The second-order valence-corrected chi connectivity index (χ2v) is 10.8. The number of benzene rings is 1. The van der Waals surface area contributed by atoms with E-state index >= 15 is 0 Å². The summed E-state index contributed by atoms with van der Waals surface area (Å²) in [6.07, 6.45) is 4.21. The highest BCUT2D eigenvalue weighted by Gasteiger charge is 2.26. The van der Waals surface area contributed by atoms with Gasteiger partial charge in [0.25, 0.3) is 0 Å². The summed E-state index contributed by atoms with van der Waals surface area (Å²) in [6, 6.07) is 10.7. The van der Waals surface area contributed by atoms with Crippen LogP contribution in [-0.4, -0.2) is 57.5 Å². The highest BCUT2D eigenvalue weighted by atomic mass is 32.2. The fourth-order valence-corrected chi connectivity index (χ4v) is 4.32. The molecule has 6 heteroatoms. The van der Waals surface area contributed by atoms with Gasteiger partial charge in [0.05, 0.1) is 5.75 Å². The minimum atomic E-state index is -2.93. The van der Waals surface area contributed by atoms with Gasteiger partial charge in [-0.25, -0.2) is 8.42 Å². The number of nitrogens with one attached hydrogen (secondary N) is 1. The largest absolute Gasteiger partial charge is 0.357 e. The molecule has 0 aliphatic carbocycles. The van der Waals surface area contributed by atoms with Crippen LogP contribution in [0.3, 0.4) is 0 Å². The number of rotatable bonds is 8.